The van der Waals surface area contributed by atoms with E-state index in [0.29, 0.717) is 0 Å². The molecule has 0 heterocycles. The second kappa shape index (κ2) is 5.31. The minimum absolute atomic E-state index is 0.0612. The van der Waals surface area contributed by atoms with Gasteiger partial charge in [0.25, 0.3) is 0 Å². The van der Waals surface area contributed by atoms with Crippen molar-refractivity contribution in [2.24, 2.45) is 0 Å². The molecular formula is C15H23Cl2P. The van der Waals surface area contributed by atoms with E-state index >= 15 is 0 Å². The lowest BCUT2D eigenvalue weighted by molar-refractivity contribution is 0.570. The van der Waals surface area contributed by atoms with E-state index in [1.54, 1.807) is 0 Å². The average molecular weight is 305 g/mol. The van der Waals surface area contributed by atoms with E-state index in [2.05, 4.69) is 60.6 Å². The second-order valence-electron chi connectivity index (χ2n) is 6.92. The molecular weight excluding hydrogens is 282 g/mol. The number of rotatable bonds is 1. The summed E-state index contributed by atoms with van der Waals surface area (Å²) in [5.41, 5.74) is 4.04. The summed E-state index contributed by atoms with van der Waals surface area (Å²) in [6, 6.07) is 4.51. The molecule has 0 fully saturated rings. The van der Waals surface area contributed by atoms with E-state index in [9.17, 15) is 0 Å². The molecule has 0 aromatic heterocycles. The van der Waals surface area contributed by atoms with Crippen molar-refractivity contribution in [2.45, 2.75) is 59.3 Å². The summed E-state index contributed by atoms with van der Waals surface area (Å²) in [7, 11) is 0. The summed E-state index contributed by atoms with van der Waals surface area (Å²) in [6.07, 6.45) is 0. The Morgan fingerprint density at radius 2 is 1.39 bits per heavy atom. The minimum Gasteiger partial charge on any atom is -0.0727 e. The normalized spacial score (nSPS) is 13.2. The average Bonchev–Trinajstić information content (AvgIpc) is 2.12. The topological polar surface area (TPSA) is 0 Å². The Kier molecular flexibility index (Phi) is 4.81. The van der Waals surface area contributed by atoms with Gasteiger partial charge >= 0.3 is 0 Å². The van der Waals surface area contributed by atoms with E-state index in [-0.39, 0.29) is 10.8 Å². The zero-order valence-corrected chi connectivity index (χ0v) is 14.8. The van der Waals surface area contributed by atoms with Gasteiger partial charge in [0.2, 0.25) is 0 Å². The van der Waals surface area contributed by atoms with Crippen molar-refractivity contribution in [2.75, 3.05) is 0 Å². The van der Waals surface area contributed by atoms with E-state index < -0.39 is 6.63 Å². The summed E-state index contributed by atoms with van der Waals surface area (Å²) in [5.74, 6) is 0. The van der Waals surface area contributed by atoms with Crippen molar-refractivity contribution in [1.82, 2.24) is 0 Å². The summed E-state index contributed by atoms with van der Waals surface area (Å²) < 4.78 is 0. The maximum Gasteiger partial charge on any atom is 0.117 e. The van der Waals surface area contributed by atoms with E-state index in [0.717, 1.165) is 5.30 Å². The van der Waals surface area contributed by atoms with E-state index in [4.69, 9.17) is 22.5 Å². The van der Waals surface area contributed by atoms with Crippen LogP contribution >= 0.6 is 29.1 Å². The molecule has 18 heavy (non-hydrogen) atoms. The summed E-state index contributed by atoms with van der Waals surface area (Å²) in [5, 5.41) is 1.13. The standard InChI is InChI=1S/C15H23Cl2P/c1-10-8-11(14(2,3)4)9-12(15(5,6)7)13(10)18(16)17/h8-9H,1-7H3. The molecule has 0 spiro atoms. The van der Waals surface area contributed by atoms with Gasteiger partial charge in [0.1, 0.15) is 6.63 Å². The largest absolute Gasteiger partial charge is 0.117 e. The van der Waals surface area contributed by atoms with Crippen molar-refractivity contribution >= 4 is 34.4 Å². The van der Waals surface area contributed by atoms with Gasteiger partial charge in [0, 0.05) is 5.30 Å². The lowest BCUT2D eigenvalue weighted by Gasteiger charge is -2.29. The highest BCUT2D eigenvalue weighted by Gasteiger charge is 2.26. The Balaban J connectivity index is 3.58. The van der Waals surface area contributed by atoms with Crippen molar-refractivity contribution in [3.63, 3.8) is 0 Å². The minimum atomic E-state index is -1.11. The lowest BCUT2D eigenvalue weighted by atomic mass is 9.79. The lowest BCUT2D eigenvalue weighted by Crippen LogP contribution is -2.25. The molecule has 0 saturated heterocycles. The van der Waals surface area contributed by atoms with E-state index in [1.165, 1.54) is 16.7 Å². The predicted octanol–water partition coefficient (Wildman–Crippen LogP) is 6.00. The highest BCUT2D eigenvalue weighted by atomic mass is 35.9. The Labute approximate surface area is 122 Å². The SMILES string of the molecule is Cc1cc(C(C)(C)C)cc(C(C)(C)C)c1P(Cl)Cl. The highest BCUT2D eigenvalue weighted by Crippen LogP contribution is 2.49. The van der Waals surface area contributed by atoms with Crippen LogP contribution in [-0.2, 0) is 10.8 Å². The van der Waals surface area contributed by atoms with Gasteiger partial charge in [-0.15, -0.1) is 0 Å². The van der Waals surface area contributed by atoms with Gasteiger partial charge in [0.05, 0.1) is 0 Å². The van der Waals surface area contributed by atoms with Crippen LogP contribution in [0.15, 0.2) is 12.1 Å². The molecule has 102 valence electrons. The first-order chi connectivity index (χ1) is 7.94. The molecule has 0 bridgehead atoms. The molecule has 1 aromatic carbocycles. The van der Waals surface area contributed by atoms with Crippen molar-refractivity contribution in [3.8, 4) is 0 Å². The Bertz CT molecular complexity index is 437. The van der Waals surface area contributed by atoms with Gasteiger partial charge in [-0.25, -0.2) is 0 Å². The van der Waals surface area contributed by atoms with Gasteiger partial charge in [-0.2, -0.15) is 0 Å². The van der Waals surface area contributed by atoms with Crippen LogP contribution in [0.3, 0.4) is 0 Å². The van der Waals surface area contributed by atoms with Crippen LogP contribution in [0.4, 0.5) is 0 Å². The van der Waals surface area contributed by atoms with E-state index in [1.807, 2.05) is 0 Å². The third-order valence-electron chi connectivity index (χ3n) is 3.14. The first kappa shape index (κ1) is 16.3. The van der Waals surface area contributed by atoms with Gasteiger partial charge in [-0.3, -0.25) is 0 Å². The third kappa shape index (κ3) is 3.62. The van der Waals surface area contributed by atoms with Crippen LogP contribution in [0.1, 0.15) is 58.2 Å². The van der Waals surface area contributed by atoms with Crippen molar-refractivity contribution in [1.29, 1.82) is 0 Å². The fourth-order valence-corrected chi connectivity index (χ4v) is 4.27. The number of aryl methyl sites for hydroxylation is 1. The third-order valence-corrected chi connectivity index (χ3v) is 5.09. The first-order valence-electron chi connectivity index (χ1n) is 6.22. The molecule has 3 heteroatoms. The van der Waals surface area contributed by atoms with Crippen molar-refractivity contribution < 1.29 is 0 Å². The smallest absolute Gasteiger partial charge is 0.0727 e. The summed E-state index contributed by atoms with van der Waals surface area (Å²) >= 11 is 12.4. The number of halogens is 2. The maximum atomic E-state index is 6.22. The van der Waals surface area contributed by atoms with Crippen molar-refractivity contribution in [3.05, 3.63) is 28.8 Å². The van der Waals surface area contributed by atoms with Gasteiger partial charge in [0.15, 0.2) is 0 Å². The van der Waals surface area contributed by atoms with Crippen LogP contribution in [0.25, 0.3) is 0 Å². The predicted molar refractivity (Wildman–Crippen MR) is 86.8 cm³/mol. The first-order valence-corrected chi connectivity index (χ1v) is 9.37. The Hall–Kier alpha value is 0.230. The second-order valence-corrected chi connectivity index (χ2v) is 10.4. The van der Waals surface area contributed by atoms with Crippen LogP contribution in [0.2, 0.25) is 0 Å². The van der Waals surface area contributed by atoms with Crippen LogP contribution < -0.4 is 5.30 Å². The molecule has 0 aliphatic heterocycles. The quantitative estimate of drug-likeness (QED) is 0.558. The summed E-state index contributed by atoms with van der Waals surface area (Å²) in [6.45, 7) is 14.3. The van der Waals surface area contributed by atoms with Gasteiger partial charge < -0.3 is 0 Å². The molecule has 0 atom stereocenters. The molecule has 0 unspecified atom stereocenters. The number of hydrogen-bond donors (Lipinski definition) is 0. The molecule has 0 saturated carbocycles. The van der Waals surface area contributed by atoms with Gasteiger partial charge in [-0.05, 0) is 34.4 Å². The van der Waals surface area contributed by atoms with Crippen LogP contribution in [0.5, 0.6) is 0 Å². The molecule has 0 aliphatic carbocycles. The molecule has 0 aliphatic rings. The summed E-state index contributed by atoms with van der Waals surface area (Å²) in [4.78, 5) is 0. The molecule has 0 radical (unpaired) electrons. The molecule has 1 rings (SSSR count). The molecule has 0 nitrogen and oxygen atoms in total. The zero-order chi connectivity index (χ0) is 14.3. The van der Waals surface area contributed by atoms with Gasteiger partial charge in [-0.1, -0.05) is 76.2 Å². The molecule has 1 aromatic rings. The highest BCUT2D eigenvalue weighted by molar-refractivity contribution is 8.09. The number of benzene rings is 1. The zero-order valence-electron chi connectivity index (χ0n) is 12.4. The Morgan fingerprint density at radius 3 is 1.72 bits per heavy atom. The monoisotopic (exact) mass is 304 g/mol. The Morgan fingerprint density at radius 1 is 0.889 bits per heavy atom. The molecule has 0 amide bonds. The fraction of sp³-hybridized carbons (Fsp3) is 0.600. The van der Waals surface area contributed by atoms with Crippen LogP contribution in [-0.4, -0.2) is 0 Å². The molecule has 0 N–H and O–H groups in total. The fourth-order valence-electron chi connectivity index (χ4n) is 2.01. The maximum absolute atomic E-state index is 6.22. The number of hydrogen-bond acceptors (Lipinski definition) is 0. The van der Waals surface area contributed by atoms with Crippen LogP contribution in [0, 0.1) is 6.92 Å².